The number of guanidine groups is 1. The molecule has 1 aromatic carbocycles. The summed E-state index contributed by atoms with van der Waals surface area (Å²) < 4.78 is 0. The molecule has 0 saturated carbocycles. The van der Waals surface area contributed by atoms with Crippen LogP contribution in [0.5, 0.6) is 0 Å². The van der Waals surface area contributed by atoms with Gasteiger partial charge in [-0.3, -0.25) is 9.79 Å². The third-order valence-electron chi connectivity index (χ3n) is 5.42. The summed E-state index contributed by atoms with van der Waals surface area (Å²) in [7, 11) is 1.82. The van der Waals surface area contributed by atoms with Crippen molar-refractivity contribution in [3.63, 3.8) is 0 Å². The summed E-state index contributed by atoms with van der Waals surface area (Å²) in [5, 5.41) is 6.32. The molecule has 2 aromatic rings. The number of piperazine rings is 2. The van der Waals surface area contributed by atoms with Crippen LogP contribution in [0, 0.1) is 0 Å². The van der Waals surface area contributed by atoms with Gasteiger partial charge in [0.05, 0.1) is 6.54 Å². The minimum Gasteiger partial charge on any atom is -0.360 e. The number of aliphatic imine (C=N–C) groups is 1. The van der Waals surface area contributed by atoms with Gasteiger partial charge in [0.15, 0.2) is 5.96 Å². The van der Waals surface area contributed by atoms with E-state index in [0.29, 0.717) is 19.6 Å². The van der Waals surface area contributed by atoms with Gasteiger partial charge in [0.2, 0.25) is 11.9 Å². The molecule has 2 aliphatic heterocycles. The van der Waals surface area contributed by atoms with Crippen LogP contribution in [0.3, 0.4) is 0 Å². The first-order valence-corrected chi connectivity index (χ1v) is 10.3. The molecular weight excluding hydrogens is 380 g/mol. The Morgan fingerprint density at radius 1 is 1.07 bits per heavy atom. The van der Waals surface area contributed by atoms with Gasteiger partial charge >= 0.3 is 0 Å². The van der Waals surface area contributed by atoms with E-state index in [4.69, 9.17) is 0 Å². The van der Waals surface area contributed by atoms with Crippen LogP contribution < -0.4 is 20.4 Å². The number of nitrogens with zero attached hydrogens (tertiary/aromatic N) is 6. The molecule has 9 nitrogen and oxygen atoms in total. The van der Waals surface area contributed by atoms with Gasteiger partial charge in [-0.2, -0.15) is 0 Å². The van der Waals surface area contributed by atoms with Gasteiger partial charge in [-0.1, -0.05) is 12.1 Å². The summed E-state index contributed by atoms with van der Waals surface area (Å²) in [6.07, 6.45) is 3.56. The average Bonchev–Trinajstić information content (AvgIpc) is 2.81. The Hall–Kier alpha value is -3.36. The van der Waals surface area contributed by atoms with Crippen molar-refractivity contribution in [2.45, 2.75) is 6.54 Å². The van der Waals surface area contributed by atoms with E-state index in [0.717, 1.165) is 50.3 Å². The fourth-order valence-corrected chi connectivity index (χ4v) is 3.77. The summed E-state index contributed by atoms with van der Waals surface area (Å²) in [5.74, 6) is 1.77. The molecule has 4 rings (SSSR count). The van der Waals surface area contributed by atoms with Crippen LogP contribution in [0.15, 0.2) is 47.7 Å². The average molecular weight is 409 g/mol. The first-order valence-electron chi connectivity index (χ1n) is 10.3. The molecule has 0 unspecified atom stereocenters. The molecule has 0 radical (unpaired) electrons. The molecule has 2 N–H and O–H groups in total. The Kier molecular flexibility index (Phi) is 6.26. The van der Waals surface area contributed by atoms with Crippen molar-refractivity contribution in [2.75, 3.05) is 62.7 Å². The van der Waals surface area contributed by atoms with Crippen LogP contribution in [0.1, 0.15) is 5.56 Å². The van der Waals surface area contributed by atoms with Gasteiger partial charge in [0.25, 0.3) is 0 Å². The molecule has 2 aliphatic rings. The van der Waals surface area contributed by atoms with E-state index in [9.17, 15) is 4.79 Å². The van der Waals surface area contributed by atoms with E-state index < -0.39 is 0 Å². The number of amides is 1. The number of carbonyl (C=O) groups is 1. The zero-order valence-electron chi connectivity index (χ0n) is 17.3. The van der Waals surface area contributed by atoms with E-state index in [1.165, 1.54) is 5.56 Å². The molecule has 158 valence electrons. The van der Waals surface area contributed by atoms with Crippen molar-refractivity contribution in [2.24, 2.45) is 4.99 Å². The quantitative estimate of drug-likeness (QED) is 0.556. The number of rotatable bonds is 4. The van der Waals surface area contributed by atoms with Crippen LogP contribution in [0.25, 0.3) is 0 Å². The Morgan fingerprint density at radius 2 is 1.80 bits per heavy atom. The molecule has 3 heterocycles. The zero-order valence-corrected chi connectivity index (χ0v) is 17.3. The molecule has 1 aromatic heterocycles. The van der Waals surface area contributed by atoms with E-state index in [-0.39, 0.29) is 5.91 Å². The van der Waals surface area contributed by atoms with Crippen molar-refractivity contribution in [3.05, 3.63) is 48.3 Å². The largest absolute Gasteiger partial charge is 0.360 e. The van der Waals surface area contributed by atoms with Crippen molar-refractivity contribution >= 4 is 23.5 Å². The Labute approximate surface area is 176 Å². The zero-order chi connectivity index (χ0) is 20.8. The maximum absolute atomic E-state index is 11.6. The van der Waals surface area contributed by atoms with E-state index in [2.05, 4.69) is 64.6 Å². The lowest BCUT2D eigenvalue weighted by molar-refractivity contribution is -0.120. The van der Waals surface area contributed by atoms with Crippen molar-refractivity contribution in [3.8, 4) is 0 Å². The number of hydrogen-bond acceptors (Lipinski definition) is 6. The maximum atomic E-state index is 11.6. The molecule has 0 spiro atoms. The number of aromatic nitrogens is 2. The lowest BCUT2D eigenvalue weighted by atomic mass is 10.2. The Balaban J connectivity index is 1.28. The normalized spacial score (nSPS) is 17.7. The standard InChI is InChI=1S/C21H28N8O/c1-22-20(27-11-13-28(14-12-27)21-24-7-2-8-25-21)26-15-17-3-5-18(6-4-17)29-10-9-23-19(30)16-29/h2-8H,9-16H2,1H3,(H,22,26)(H,23,30). The fourth-order valence-electron chi connectivity index (χ4n) is 3.77. The number of nitrogens with one attached hydrogen (secondary N) is 2. The van der Waals surface area contributed by atoms with Crippen LogP contribution in [-0.4, -0.2) is 79.6 Å². The first-order chi connectivity index (χ1) is 14.7. The monoisotopic (exact) mass is 408 g/mol. The maximum Gasteiger partial charge on any atom is 0.239 e. The molecule has 0 aliphatic carbocycles. The molecule has 9 heteroatoms. The highest BCUT2D eigenvalue weighted by Gasteiger charge is 2.21. The van der Waals surface area contributed by atoms with Gasteiger partial charge < -0.3 is 25.3 Å². The van der Waals surface area contributed by atoms with Crippen LogP contribution in [0.4, 0.5) is 11.6 Å². The molecule has 30 heavy (non-hydrogen) atoms. The highest BCUT2D eigenvalue weighted by Crippen LogP contribution is 2.16. The number of carbonyl (C=O) groups excluding carboxylic acids is 1. The molecule has 0 bridgehead atoms. The predicted octanol–water partition coefficient (Wildman–Crippen LogP) is 0.310. The molecule has 0 atom stereocenters. The van der Waals surface area contributed by atoms with Crippen LogP contribution in [0.2, 0.25) is 0 Å². The highest BCUT2D eigenvalue weighted by atomic mass is 16.2. The summed E-state index contributed by atoms with van der Waals surface area (Å²) in [4.78, 5) is 31.3. The van der Waals surface area contributed by atoms with Crippen molar-refractivity contribution in [1.82, 2.24) is 25.5 Å². The molecule has 2 saturated heterocycles. The summed E-state index contributed by atoms with van der Waals surface area (Å²) >= 11 is 0. The summed E-state index contributed by atoms with van der Waals surface area (Å²) in [5.41, 5.74) is 2.26. The second-order valence-corrected chi connectivity index (χ2v) is 7.36. The number of anilines is 2. The number of benzene rings is 1. The SMILES string of the molecule is CN=C(NCc1ccc(N2CCNC(=O)C2)cc1)N1CCN(c2ncccn2)CC1. The molecular formula is C21H28N8O. The van der Waals surface area contributed by atoms with E-state index in [1.807, 2.05) is 13.1 Å². The van der Waals surface area contributed by atoms with Crippen molar-refractivity contribution in [1.29, 1.82) is 0 Å². The smallest absolute Gasteiger partial charge is 0.239 e. The van der Waals surface area contributed by atoms with E-state index >= 15 is 0 Å². The predicted molar refractivity (Wildman–Crippen MR) is 118 cm³/mol. The summed E-state index contributed by atoms with van der Waals surface area (Å²) in [6.45, 7) is 6.13. The number of hydrogen-bond donors (Lipinski definition) is 2. The fraction of sp³-hybridized carbons (Fsp3) is 0.429. The van der Waals surface area contributed by atoms with E-state index in [1.54, 1.807) is 12.4 Å². The first kappa shape index (κ1) is 19.9. The lowest BCUT2D eigenvalue weighted by Gasteiger charge is -2.36. The topological polar surface area (TPSA) is 89.0 Å². The minimum atomic E-state index is 0.0784. The van der Waals surface area contributed by atoms with Gasteiger partial charge in [0, 0.05) is 70.9 Å². The Morgan fingerprint density at radius 3 is 2.47 bits per heavy atom. The summed E-state index contributed by atoms with van der Waals surface area (Å²) in [6, 6.07) is 10.2. The van der Waals surface area contributed by atoms with Gasteiger partial charge in [-0.15, -0.1) is 0 Å². The van der Waals surface area contributed by atoms with Gasteiger partial charge in [0.1, 0.15) is 0 Å². The molecule has 2 fully saturated rings. The highest BCUT2D eigenvalue weighted by molar-refractivity contribution is 5.82. The van der Waals surface area contributed by atoms with Crippen LogP contribution in [-0.2, 0) is 11.3 Å². The second-order valence-electron chi connectivity index (χ2n) is 7.36. The lowest BCUT2D eigenvalue weighted by Crippen LogP contribution is -2.52. The third kappa shape index (κ3) is 4.79. The second kappa shape index (κ2) is 9.43. The van der Waals surface area contributed by atoms with Crippen molar-refractivity contribution < 1.29 is 4.79 Å². The van der Waals surface area contributed by atoms with Crippen LogP contribution >= 0.6 is 0 Å². The Bertz CT molecular complexity index is 862. The minimum absolute atomic E-state index is 0.0784. The van der Waals surface area contributed by atoms with Gasteiger partial charge in [-0.05, 0) is 23.8 Å². The third-order valence-corrected chi connectivity index (χ3v) is 5.42. The molecule has 1 amide bonds. The van der Waals surface area contributed by atoms with Gasteiger partial charge in [-0.25, -0.2) is 9.97 Å².